The molecule has 0 atom stereocenters. The van der Waals surface area contributed by atoms with Crippen LogP contribution in [0, 0.1) is 0 Å². The molecular weight excluding hydrogens is 639 g/mol. The Bertz CT molecular complexity index is 1420. The van der Waals surface area contributed by atoms with E-state index in [1.165, 1.54) is 21.0 Å². The minimum absolute atomic E-state index is 0.0295. The summed E-state index contributed by atoms with van der Waals surface area (Å²) in [5.74, 6) is -0.0371. The van der Waals surface area contributed by atoms with Crippen molar-refractivity contribution in [3.8, 4) is 10.8 Å². The first-order valence-corrected chi connectivity index (χ1v) is 18.1. The van der Waals surface area contributed by atoms with Gasteiger partial charge in [-0.2, -0.15) is 17.5 Å². The lowest BCUT2D eigenvalue weighted by molar-refractivity contribution is -0.138. The Morgan fingerprint density at radius 2 is 2.00 bits per heavy atom. The smallest absolute Gasteiger partial charge is 0.377 e. The van der Waals surface area contributed by atoms with Gasteiger partial charge in [-0.3, -0.25) is 4.40 Å². The fourth-order valence-corrected chi connectivity index (χ4v) is 7.69. The van der Waals surface area contributed by atoms with Crippen molar-refractivity contribution >= 4 is 62.5 Å². The highest BCUT2D eigenvalue weighted by atomic mass is 79.9. The minimum atomic E-state index is -4.68. The van der Waals surface area contributed by atoms with Gasteiger partial charge in [-0.25, -0.2) is 13.4 Å². The molecule has 204 valence electrons. The monoisotopic (exact) mass is 661 g/mol. The molecule has 9 nitrogen and oxygen atoms in total. The highest BCUT2D eigenvalue weighted by Gasteiger charge is 2.47. The van der Waals surface area contributed by atoms with Crippen LogP contribution in [-0.4, -0.2) is 72.5 Å². The Balaban J connectivity index is 1.75. The van der Waals surface area contributed by atoms with E-state index in [4.69, 9.17) is 21.1 Å². The van der Waals surface area contributed by atoms with E-state index in [1.807, 2.05) is 0 Å². The van der Waals surface area contributed by atoms with Gasteiger partial charge in [-0.1, -0.05) is 42.6 Å². The summed E-state index contributed by atoms with van der Waals surface area (Å²) >= 11 is 10.0. The van der Waals surface area contributed by atoms with Gasteiger partial charge in [0, 0.05) is 20.9 Å². The number of hydrogen-bond acceptors (Lipinski definition) is 8. The van der Waals surface area contributed by atoms with Crippen LogP contribution in [0.1, 0.15) is 11.9 Å². The Morgan fingerprint density at radius 3 is 2.54 bits per heavy atom. The second kappa shape index (κ2) is 10.1. The van der Waals surface area contributed by atoms with Gasteiger partial charge < -0.3 is 9.47 Å². The first kappa shape index (κ1) is 28.9. The summed E-state index contributed by atoms with van der Waals surface area (Å²) < 4.78 is 80.9. The summed E-state index contributed by atoms with van der Waals surface area (Å²) in [6.07, 6.45) is -3.42. The fraction of sp³-hybridized carbons (Fsp3) is 0.550. The molecule has 0 aliphatic carbocycles. The van der Waals surface area contributed by atoms with Crippen LogP contribution in [0.2, 0.25) is 30.7 Å². The van der Waals surface area contributed by atoms with Crippen molar-refractivity contribution < 1.29 is 31.1 Å². The number of fused-ring (bicyclic) bond motifs is 1. The van der Waals surface area contributed by atoms with E-state index in [1.54, 1.807) is 6.92 Å². The molecule has 4 heterocycles. The quantitative estimate of drug-likeness (QED) is 0.172. The molecule has 37 heavy (non-hydrogen) atoms. The van der Waals surface area contributed by atoms with E-state index < -0.39 is 34.8 Å². The van der Waals surface area contributed by atoms with Gasteiger partial charge >= 0.3 is 6.18 Å². The summed E-state index contributed by atoms with van der Waals surface area (Å²) in [4.78, 5) is 4.05. The molecule has 17 heteroatoms. The maximum atomic E-state index is 13.9. The molecule has 0 amide bonds. The molecule has 0 unspecified atom stereocenters. The summed E-state index contributed by atoms with van der Waals surface area (Å²) in [5.41, 5.74) is -0.561. The van der Waals surface area contributed by atoms with E-state index in [9.17, 15) is 21.6 Å². The van der Waals surface area contributed by atoms with Crippen LogP contribution in [0.4, 0.5) is 13.2 Å². The van der Waals surface area contributed by atoms with Crippen molar-refractivity contribution in [3.63, 3.8) is 0 Å². The lowest BCUT2D eigenvalue weighted by Gasteiger charge is -2.45. The lowest BCUT2D eigenvalue weighted by atomic mass is 10.0. The predicted molar refractivity (Wildman–Crippen MR) is 139 cm³/mol. The lowest BCUT2D eigenvalue weighted by Crippen LogP contribution is -2.62. The average Bonchev–Trinajstić information content (AvgIpc) is 3.36. The van der Waals surface area contributed by atoms with E-state index in [2.05, 4.69) is 50.8 Å². The van der Waals surface area contributed by atoms with Crippen molar-refractivity contribution in [2.24, 2.45) is 0 Å². The third-order valence-corrected chi connectivity index (χ3v) is 11.2. The van der Waals surface area contributed by atoms with Gasteiger partial charge in [0.1, 0.15) is 16.2 Å². The molecular formula is C20H24BrClF3N5O4S2Si. The average molecular weight is 663 g/mol. The number of ether oxygens (including phenoxy) is 2. The molecule has 3 aromatic heterocycles. The minimum Gasteiger partial charge on any atom is -0.377 e. The molecule has 0 saturated carbocycles. The van der Waals surface area contributed by atoms with Crippen LogP contribution in [0.3, 0.4) is 0 Å². The Morgan fingerprint density at radius 1 is 1.32 bits per heavy atom. The number of pyridine rings is 1. The SMILES string of the molecule is CC1(N(COCC[Si](C)(C)C)S(=O)(=O)c2cc(Cl)c3c(Br)nc(-c4nnc(C(F)(F)F)s4)n3c2)COC1. The van der Waals surface area contributed by atoms with Crippen molar-refractivity contribution in [2.75, 3.05) is 26.6 Å². The first-order valence-electron chi connectivity index (χ1n) is 11.0. The van der Waals surface area contributed by atoms with Crippen LogP contribution in [0.25, 0.3) is 16.3 Å². The number of hydrogen-bond donors (Lipinski definition) is 0. The van der Waals surface area contributed by atoms with Crippen LogP contribution < -0.4 is 0 Å². The van der Waals surface area contributed by atoms with Gasteiger partial charge in [0.2, 0.25) is 15.0 Å². The van der Waals surface area contributed by atoms with Crippen LogP contribution in [0.5, 0.6) is 0 Å². The normalized spacial score (nSPS) is 16.5. The number of imidazole rings is 1. The van der Waals surface area contributed by atoms with E-state index in [0.717, 1.165) is 6.04 Å². The predicted octanol–water partition coefficient (Wildman–Crippen LogP) is 5.38. The highest BCUT2D eigenvalue weighted by Crippen LogP contribution is 2.38. The van der Waals surface area contributed by atoms with Gasteiger partial charge in [-0.15, -0.1) is 10.2 Å². The summed E-state index contributed by atoms with van der Waals surface area (Å²) in [6.45, 7) is 8.94. The molecule has 0 spiro atoms. The van der Waals surface area contributed by atoms with Crippen molar-refractivity contribution in [1.29, 1.82) is 0 Å². The summed E-state index contributed by atoms with van der Waals surface area (Å²) in [7, 11) is -5.57. The zero-order valence-corrected chi connectivity index (χ0v) is 25.2. The largest absolute Gasteiger partial charge is 0.445 e. The van der Waals surface area contributed by atoms with Crippen LogP contribution in [0.15, 0.2) is 21.8 Å². The topological polar surface area (TPSA) is 98.9 Å². The molecule has 4 rings (SSSR count). The zero-order valence-electron chi connectivity index (χ0n) is 20.3. The maximum Gasteiger partial charge on any atom is 0.445 e. The zero-order chi connectivity index (χ0) is 27.4. The molecule has 0 aromatic carbocycles. The number of alkyl halides is 3. The fourth-order valence-electron chi connectivity index (χ4n) is 3.53. The molecule has 0 bridgehead atoms. The first-order chi connectivity index (χ1) is 17.0. The van der Waals surface area contributed by atoms with Crippen molar-refractivity contribution in [1.82, 2.24) is 23.9 Å². The summed E-state index contributed by atoms with van der Waals surface area (Å²) in [5, 5.41) is 5.54. The molecule has 3 aromatic rings. The van der Waals surface area contributed by atoms with Gasteiger partial charge in [-0.05, 0) is 35.0 Å². The van der Waals surface area contributed by atoms with E-state index in [0.29, 0.717) is 17.9 Å². The highest BCUT2D eigenvalue weighted by molar-refractivity contribution is 9.10. The molecule has 1 fully saturated rings. The number of rotatable bonds is 9. The third kappa shape index (κ3) is 5.90. The van der Waals surface area contributed by atoms with Gasteiger partial charge in [0.25, 0.3) is 0 Å². The molecule has 0 N–H and O–H groups in total. The Hall–Kier alpha value is -1.14. The number of halogens is 5. The van der Waals surface area contributed by atoms with E-state index >= 15 is 0 Å². The number of nitrogens with zero attached hydrogens (tertiary/aromatic N) is 5. The van der Waals surface area contributed by atoms with Crippen molar-refractivity contribution in [2.45, 2.75) is 49.2 Å². The second-order valence-corrected chi connectivity index (χ2v) is 19.7. The number of aromatic nitrogens is 4. The summed E-state index contributed by atoms with van der Waals surface area (Å²) in [6, 6.07) is 2.14. The molecule has 1 saturated heterocycles. The van der Waals surface area contributed by atoms with Gasteiger partial charge in [0.05, 0.1) is 29.3 Å². The van der Waals surface area contributed by atoms with Crippen LogP contribution in [-0.2, 0) is 25.7 Å². The second-order valence-electron chi connectivity index (χ2n) is 10.1. The molecule has 0 radical (unpaired) electrons. The maximum absolute atomic E-state index is 13.9. The van der Waals surface area contributed by atoms with Crippen molar-refractivity contribution in [3.05, 3.63) is 26.9 Å². The van der Waals surface area contributed by atoms with E-state index in [-0.39, 0.29) is 50.8 Å². The Labute approximate surface area is 230 Å². The third-order valence-electron chi connectivity index (χ3n) is 5.70. The number of sulfonamides is 1. The molecule has 1 aliphatic rings. The Kier molecular flexibility index (Phi) is 7.89. The van der Waals surface area contributed by atoms with Gasteiger partial charge in [0.15, 0.2) is 10.8 Å². The van der Waals surface area contributed by atoms with Crippen LogP contribution >= 0.6 is 38.9 Å². The standard InChI is InChI=1S/C20H24BrClF3N5O4S2Si/c1-19(9-34-10-19)30(11-33-5-6-37(2,3)4)36(31,32)12-7-13(22)14-15(21)26-16(29(14)8-12)17-27-28-18(35-17)20(23,24)25/h7-8H,5-6,9-11H2,1-4H3. The molecule has 1 aliphatic heterocycles.